The monoisotopic (exact) mass is 546 g/mol. The van der Waals surface area contributed by atoms with Crippen LogP contribution in [0.2, 0.25) is 0 Å². The van der Waals surface area contributed by atoms with Crippen LogP contribution >= 0.6 is 0 Å². The lowest BCUT2D eigenvalue weighted by Gasteiger charge is -2.24. The van der Waals surface area contributed by atoms with Crippen LogP contribution in [0.3, 0.4) is 0 Å². The molecular formula is C25H30N4O8S. The minimum absolute atomic E-state index is 0.132. The van der Waals surface area contributed by atoms with Crippen molar-refractivity contribution in [3.8, 4) is 17.2 Å². The van der Waals surface area contributed by atoms with E-state index in [-0.39, 0.29) is 4.90 Å². The summed E-state index contributed by atoms with van der Waals surface area (Å²) in [6.07, 6.45) is 1.66. The molecular weight excluding hydrogens is 516 g/mol. The number of carbonyl (C=O) groups excluding carboxylic acids is 3. The van der Waals surface area contributed by atoms with E-state index in [4.69, 9.17) is 14.2 Å². The lowest BCUT2D eigenvalue weighted by molar-refractivity contribution is -0.133. The van der Waals surface area contributed by atoms with Crippen molar-refractivity contribution < 1.29 is 37.0 Å². The molecule has 0 spiro atoms. The summed E-state index contributed by atoms with van der Waals surface area (Å²) in [6, 6.07) is 8.13. The van der Waals surface area contributed by atoms with Crippen molar-refractivity contribution in [2.24, 2.45) is 0 Å². The van der Waals surface area contributed by atoms with E-state index in [1.807, 2.05) is 0 Å². The number of rotatable bonds is 9. The molecule has 2 aromatic carbocycles. The van der Waals surface area contributed by atoms with E-state index in [0.717, 1.165) is 17.7 Å². The van der Waals surface area contributed by atoms with E-state index in [1.54, 1.807) is 12.1 Å². The largest absolute Gasteiger partial charge is 0.493 e. The zero-order chi connectivity index (χ0) is 27.7. The van der Waals surface area contributed by atoms with Crippen molar-refractivity contribution in [3.05, 3.63) is 42.0 Å². The van der Waals surface area contributed by atoms with Crippen LogP contribution in [0.5, 0.6) is 17.2 Å². The van der Waals surface area contributed by atoms with Gasteiger partial charge in [0, 0.05) is 18.8 Å². The molecule has 13 heteroatoms. The highest BCUT2D eigenvalue weighted by Crippen LogP contribution is 2.42. The molecule has 4 rings (SSSR count). The SMILES string of the molecule is COc1cc([C@]2(C)NC(=O)N(CC(=O)Nc3ccc(S(=O)(=O)N4CCCC4)cc3)C2=O)cc(OC)c1OC. The molecule has 12 nitrogen and oxygen atoms in total. The molecule has 0 saturated carbocycles. The number of nitrogens with one attached hydrogen (secondary N) is 2. The van der Waals surface area contributed by atoms with E-state index in [9.17, 15) is 22.8 Å². The lowest BCUT2D eigenvalue weighted by Crippen LogP contribution is -2.42. The fourth-order valence-corrected chi connectivity index (χ4v) is 6.05. The standard InChI is InChI=1S/C25H30N4O8S/c1-25(16-13-19(35-2)22(37-4)20(14-16)36-3)23(31)29(24(32)27-25)15-21(30)26-17-7-9-18(10-8-17)38(33,34)28-11-5-6-12-28/h7-10,13-14H,5-6,11-12,15H2,1-4H3,(H,26,30)(H,27,32)/t25-/m0/s1. The number of nitrogens with zero attached hydrogens (tertiary/aromatic N) is 2. The van der Waals surface area contributed by atoms with Crippen LogP contribution in [0, 0.1) is 0 Å². The van der Waals surface area contributed by atoms with Crippen LogP contribution in [-0.2, 0) is 25.2 Å². The quantitative estimate of drug-likeness (QED) is 0.454. The number of anilines is 1. The molecule has 2 aliphatic heterocycles. The summed E-state index contributed by atoms with van der Waals surface area (Å²) >= 11 is 0. The fourth-order valence-electron chi connectivity index (χ4n) is 4.54. The van der Waals surface area contributed by atoms with E-state index >= 15 is 0 Å². The third-order valence-electron chi connectivity index (χ3n) is 6.66. The first kappa shape index (κ1) is 27.2. The van der Waals surface area contributed by atoms with Crippen LogP contribution in [0.4, 0.5) is 10.5 Å². The molecule has 2 saturated heterocycles. The Kier molecular flexibility index (Phi) is 7.51. The number of carbonyl (C=O) groups is 3. The number of hydrogen-bond donors (Lipinski definition) is 2. The van der Waals surface area contributed by atoms with Crippen LogP contribution in [-0.4, -0.2) is 76.4 Å². The highest BCUT2D eigenvalue weighted by molar-refractivity contribution is 7.89. The fraction of sp³-hybridized carbons (Fsp3) is 0.400. The van der Waals surface area contributed by atoms with Gasteiger partial charge in [-0.2, -0.15) is 4.31 Å². The molecule has 0 unspecified atom stereocenters. The number of amides is 4. The molecule has 38 heavy (non-hydrogen) atoms. The second-order valence-corrected chi connectivity index (χ2v) is 11.0. The Hall–Kier alpha value is -3.84. The van der Waals surface area contributed by atoms with Gasteiger partial charge in [-0.25, -0.2) is 13.2 Å². The topological polar surface area (TPSA) is 144 Å². The van der Waals surface area contributed by atoms with Gasteiger partial charge in [0.05, 0.1) is 26.2 Å². The number of ether oxygens (including phenoxy) is 3. The maximum Gasteiger partial charge on any atom is 0.325 e. The maximum absolute atomic E-state index is 13.3. The summed E-state index contributed by atoms with van der Waals surface area (Å²) in [7, 11) is 0.735. The van der Waals surface area contributed by atoms with Crippen LogP contribution in [0.25, 0.3) is 0 Å². The summed E-state index contributed by atoms with van der Waals surface area (Å²) in [5.74, 6) is -0.334. The molecule has 2 aromatic rings. The molecule has 2 aliphatic rings. The Balaban J connectivity index is 1.47. The molecule has 2 heterocycles. The van der Waals surface area contributed by atoms with Gasteiger partial charge in [-0.15, -0.1) is 0 Å². The second kappa shape index (κ2) is 10.5. The zero-order valence-electron chi connectivity index (χ0n) is 21.6. The summed E-state index contributed by atoms with van der Waals surface area (Å²) < 4.78 is 42.8. The molecule has 2 fully saturated rings. The van der Waals surface area contributed by atoms with Gasteiger partial charge in [0.25, 0.3) is 5.91 Å². The average molecular weight is 547 g/mol. The van der Waals surface area contributed by atoms with Gasteiger partial charge in [-0.05, 0) is 61.7 Å². The van der Waals surface area contributed by atoms with Gasteiger partial charge in [0.2, 0.25) is 21.7 Å². The molecule has 0 aliphatic carbocycles. The number of imide groups is 1. The molecule has 4 amide bonds. The normalized spacial score (nSPS) is 19.8. The number of sulfonamides is 1. The molecule has 0 aromatic heterocycles. The highest BCUT2D eigenvalue weighted by Gasteiger charge is 2.50. The van der Waals surface area contributed by atoms with Gasteiger partial charge in [-0.3, -0.25) is 14.5 Å². The van der Waals surface area contributed by atoms with Gasteiger partial charge >= 0.3 is 6.03 Å². The van der Waals surface area contributed by atoms with Crippen molar-refractivity contribution in [2.45, 2.75) is 30.2 Å². The minimum Gasteiger partial charge on any atom is -0.493 e. The van der Waals surface area contributed by atoms with Crippen molar-refractivity contribution in [3.63, 3.8) is 0 Å². The van der Waals surface area contributed by atoms with E-state index in [1.165, 1.54) is 56.8 Å². The first-order valence-electron chi connectivity index (χ1n) is 11.9. The van der Waals surface area contributed by atoms with Crippen LogP contribution < -0.4 is 24.8 Å². The third kappa shape index (κ3) is 4.86. The smallest absolute Gasteiger partial charge is 0.325 e. The second-order valence-electron chi connectivity index (χ2n) is 9.04. The number of hydrogen-bond acceptors (Lipinski definition) is 8. The average Bonchev–Trinajstić information content (AvgIpc) is 3.53. The molecule has 0 bridgehead atoms. The molecule has 0 radical (unpaired) electrons. The summed E-state index contributed by atoms with van der Waals surface area (Å²) in [5, 5.41) is 5.24. The molecule has 1 atom stereocenters. The zero-order valence-corrected chi connectivity index (χ0v) is 22.4. The van der Waals surface area contributed by atoms with Crippen molar-refractivity contribution in [1.82, 2.24) is 14.5 Å². The van der Waals surface area contributed by atoms with Crippen LogP contribution in [0.1, 0.15) is 25.3 Å². The predicted molar refractivity (Wildman–Crippen MR) is 137 cm³/mol. The summed E-state index contributed by atoms with van der Waals surface area (Å²) in [4.78, 5) is 39.7. The maximum atomic E-state index is 13.3. The number of methoxy groups -OCH3 is 3. The molecule has 2 N–H and O–H groups in total. The van der Waals surface area contributed by atoms with E-state index in [2.05, 4.69) is 10.6 Å². The van der Waals surface area contributed by atoms with Gasteiger partial charge < -0.3 is 24.8 Å². The summed E-state index contributed by atoms with van der Waals surface area (Å²) in [6.45, 7) is 1.95. The Bertz CT molecular complexity index is 1330. The predicted octanol–water partition coefficient (Wildman–Crippen LogP) is 1.90. The Morgan fingerprint density at radius 2 is 1.58 bits per heavy atom. The Morgan fingerprint density at radius 1 is 1.00 bits per heavy atom. The third-order valence-corrected chi connectivity index (χ3v) is 8.57. The summed E-state index contributed by atoms with van der Waals surface area (Å²) in [5.41, 5.74) is -0.784. The Morgan fingerprint density at radius 3 is 2.11 bits per heavy atom. The minimum atomic E-state index is -3.58. The number of benzene rings is 2. The van der Waals surface area contributed by atoms with Crippen molar-refractivity contribution in [1.29, 1.82) is 0 Å². The first-order chi connectivity index (χ1) is 18.0. The van der Waals surface area contributed by atoms with Crippen molar-refractivity contribution >= 4 is 33.6 Å². The van der Waals surface area contributed by atoms with Crippen molar-refractivity contribution in [2.75, 3.05) is 46.3 Å². The molecule has 204 valence electrons. The van der Waals surface area contributed by atoms with Gasteiger partial charge in [0.15, 0.2) is 11.5 Å². The Labute approximate surface area is 220 Å². The van der Waals surface area contributed by atoms with E-state index in [0.29, 0.717) is 41.6 Å². The van der Waals surface area contributed by atoms with Gasteiger partial charge in [0.1, 0.15) is 12.1 Å². The highest BCUT2D eigenvalue weighted by atomic mass is 32.2. The van der Waals surface area contributed by atoms with Gasteiger partial charge in [-0.1, -0.05) is 0 Å². The van der Waals surface area contributed by atoms with Crippen LogP contribution in [0.15, 0.2) is 41.3 Å². The van der Waals surface area contributed by atoms with E-state index < -0.39 is 40.0 Å². The first-order valence-corrected chi connectivity index (χ1v) is 13.3. The number of urea groups is 1. The lowest BCUT2D eigenvalue weighted by atomic mass is 9.91.